The Morgan fingerprint density at radius 3 is 2.34 bits per heavy atom. The molecule has 1 saturated carbocycles. The zero-order valence-electron chi connectivity index (χ0n) is 23.0. The second-order valence-corrected chi connectivity index (χ2v) is 11.1. The third-order valence-corrected chi connectivity index (χ3v) is 6.64. The SMILES string of the molecule is CCOC(=O)CCNC(=O)C(c1ccc(O)cc1)N(C(=O)C(CCSC)NC(=O)OC(C)(C)C)C1CCC1. The molecule has 2 atom stereocenters. The van der Waals surface area contributed by atoms with Crippen molar-refractivity contribution in [2.75, 3.05) is 25.2 Å². The number of amides is 3. The highest BCUT2D eigenvalue weighted by atomic mass is 32.2. The summed E-state index contributed by atoms with van der Waals surface area (Å²) in [5.41, 5.74) is -0.226. The topological polar surface area (TPSA) is 134 Å². The first-order chi connectivity index (χ1) is 18.0. The molecule has 0 spiro atoms. The highest BCUT2D eigenvalue weighted by molar-refractivity contribution is 7.98. The Bertz CT molecular complexity index is 945. The van der Waals surface area contributed by atoms with E-state index in [0.29, 0.717) is 17.7 Å². The molecule has 1 aliphatic carbocycles. The van der Waals surface area contributed by atoms with Gasteiger partial charge in [0.05, 0.1) is 13.0 Å². The van der Waals surface area contributed by atoms with Crippen molar-refractivity contribution in [1.82, 2.24) is 15.5 Å². The molecular formula is C27H41N3O7S. The Labute approximate surface area is 229 Å². The maximum atomic E-state index is 14.1. The number of carbonyl (C=O) groups is 4. The van der Waals surface area contributed by atoms with Crippen molar-refractivity contribution in [3.63, 3.8) is 0 Å². The Balaban J connectivity index is 2.38. The minimum Gasteiger partial charge on any atom is -0.508 e. The predicted molar refractivity (Wildman–Crippen MR) is 146 cm³/mol. The quantitative estimate of drug-likeness (QED) is 0.317. The number of hydrogen-bond acceptors (Lipinski definition) is 8. The fraction of sp³-hybridized carbons (Fsp3) is 0.630. The summed E-state index contributed by atoms with van der Waals surface area (Å²) in [6.07, 6.45) is 3.91. The fourth-order valence-corrected chi connectivity index (χ4v) is 4.49. The standard InChI is InChI=1S/C27H41N3O7S/c1-6-36-22(32)14-16-28-24(33)23(18-10-12-20(31)13-11-18)30(19-8-7-9-19)25(34)21(15-17-38-5)29-26(35)37-27(2,3)4/h10-13,19,21,23,31H,6-9,14-17H2,1-5H3,(H,28,33)(H,29,35). The van der Waals surface area contributed by atoms with Crippen LogP contribution >= 0.6 is 11.8 Å². The molecule has 11 heteroatoms. The summed E-state index contributed by atoms with van der Waals surface area (Å²) in [6.45, 7) is 7.23. The van der Waals surface area contributed by atoms with Gasteiger partial charge >= 0.3 is 12.1 Å². The first-order valence-electron chi connectivity index (χ1n) is 13.0. The molecule has 2 rings (SSSR count). The zero-order valence-corrected chi connectivity index (χ0v) is 23.8. The van der Waals surface area contributed by atoms with E-state index in [-0.39, 0.29) is 37.3 Å². The molecule has 2 unspecified atom stereocenters. The number of aromatic hydroxyl groups is 1. The average Bonchev–Trinajstić information content (AvgIpc) is 2.80. The van der Waals surface area contributed by atoms with E-state index >= 15 is 0 Å². The lowest BCUT2D eigenvalue weighted by Crippen LogP contribution is -2.57. The van der Waals surface area contributed by atoms with Crippen molar-refractivity contribution >= 4 is 35.6 Å². The van der Waals surface area contributed by atoms with Gasteiger partial charge < -0.3 is 30.1 Å². The molecule has 1 aliphatic rings. The molecule has 212 valence electrons. The van der Waals surface area contributed by atoms with Crippen LogP contribution in [0.25, 0.3) is 0 Å². The summed E-state index contributed by atoms with van der Waals surface area (Å²) in [5.74, 6) is -0.629. The Morgan fingerprint density at radius 1 is 1.16 bits per heavy atom. The highest BCUT2D eigenvalue weighted by Crippen LogP contribution is 2.34. The molecule has 38 heavy (non-hydrogen) atoms. The number of nitrogens with zero attached hydrogens (tertiary/aromatic N) is 1. The normalized spacial score (nSPS) is 15.0. The van der Waals surface area contributed by atoms with Gasteiger partial charge in [-0.25, -0.2) is 4.79 Å². The number of phenols is 1. The lowest BCUT2D eigenvalue weighted by molar-refractivity contribution is -0.148. The monoisotopic (exact) mass is 551 g/mol. The molecule has 0 saturated heterocycles. The molecule has 0 aliphatic heterocycles. The van der Waals surface area contributed by atoms with Crippen molar-refractivity contribution in [2.45, 2.75) is 83.5 Å². The van der Waals surface area contributed by atoms with Crippen LogP contribution in [0, 0.1) is 0 Å². The first-order valence-corrected chi connectivity index (χ1v) is 14.4. The number of alkyl carbamates (subject to hydrolysis) is 1. The van der Waals surface area contributed by atoms with Crippen LogP contribution in [0.1, 0.15) is 71.4 Å². The van der Waals surface area contributed by atoms with Crippen LogP contribution < -0.4 is 10.6 Å². The molecular weight excluding hydrogens is 510 g/mol. The van der Waals surface area contributed by atoms with E-state index in [1.165, 1.54) is 12.1 Å². The lowest BCUT2D eigenvalue weighted by Gasteiger charge is -2.43. The van der Waals surface area contributed by atoms with Crippen LogP contribution in [0.2, 0.25) is 0 Å². The van der Waals surface area contributed by atoms with E-state index in [9.17, 15) is 24.3 Å². The summed E-state index contributed by atoms with van der Waals surface area (Å²) in [5, 5.41) is 15.3. The van der Waals surface area contributed by atoms with E-state index in [1.54, 1.807) is 56.5 Å². The van der Waals surface area contributed by atoms with E-state index in [2.05, 4.69) is 10.6 Å². The number of hydrogen-bond donors (Lipinski definition) is 3. The minimum atomic E-state index is -1.02. The molecule has 0 aromatic heterocycles. The summed E-state index contributed by atoms with van der Waals surface area (Å²) in [6, 6.07) is 4.00. The van der Waals surface area contributed by atoms with Crippen molar-refractivity contribution < 1.29 is 33.8 Å². The zero-order chi connectivity index (χ0) is 28.3. The molecule has 3 amide bonds. The largest absolute Gasteiger partial charge is 0.508 e. The molecule has 1 fully saturated rings. The van der Waals surface area contributed by atoms with Gasteiger partial charge in [-0.15, -0.1) is 0 Å². The highest BCUT2D eigenvalue weighted by Gasteiger charge is 2.41. The van der Waals surface area contributed by atoms with Crippen molar-refractivity contribution in [1.29, 1.82) is 0 Å². The van der Waals surface area contributed by atoms with Gasteiger partial charge in [0.15, 0.2) is 0 Å². The number of thioether (sulfide) groups is 1. The number of esters is 1. The molecule has 1 aromatic rings. The Kier molecular flexibility index (Phi) is 12.2. The minimum absolute atomic E-state index is 0.00417. The molecule has 10 nitrogen and oxygen atoms in total. The maximum absolute atomic E-state index is 14.1. The fourth-order valence-electron chi connectivity index (χ4n) is 4.02. The number of nitrogens with one attached hydrogen (secondary N) is 2. The van der Waals surface area contributed by atoms with Crippen LogP contribution in [0.4, 0.5) is 4.79 Å². The first kappa shape index (κ1) is 31.3. The number of ether oxygens (including phenoxy) is 2. The van der Waals surface area contributed by atoms with Gasteiger partial charge in [0.2, 0.25) is 11.8 Å². The number of rotatable bonds is 13. The van der Waals surface area contributed by atoms with Gasteiger partial charge in [0.25, 0.3) is 0 Å². The number of phenolic OH excluding ortho intramolecular Hbond substituents is 1. The van der Waals surface area contributed by atoms with Crippen molar-refractivity contribution in [2.24, 2.45) is 0 Å². The second-order valence-electron chi connectivity index (χ2n) is 10.2. The van der Waals surface area contributed by atoms with Gasteiger partial charge in [0, 0.05) is 12.6 Å². The molecule has 0 heterocycles. The molecule has 3 N–H and O–H groups in total. The van der Waals surface area contributed by atoms with Crippen molar-refractivity contribution in [3.05, 3.63) is 29.8 Å². The number of carbonyl (C=O) groups excluding carboxylic acids is 4. The molecule has 0 radical (unpaired) electrons. The summed E-state index contributed by atoms with van der Waals surface area (Å²) in [7, 11) is 0. The third-order valence-electron chi connectivity index (χ3n) is 5.99. The molecule has 0 bridgehead atoms. The average molecular weight is 552 g/mol. The van der Waals surface area contributed by atoms with Gasteiger partial charge in [-0.3, -0.25) is 14.4 Å². The van der Waals surface area contributed by atoms with Crippen LogP contribution in [-0.2, 0) is 23.9 Å². The van der Waals surface area contributed by atoms with Crippen molar-refractivity contribution in [3.8, 4) is 5.75 Å². The maximum Gasteiger partial charge on any atom is 0.408 e. The van der Waals surface area contributed by atoms with Crippen LogP contribution in [0.15, 0.2) is 24.3 Å². The van der Waals surface area contributed by atoms with Gasteiger partial charge in [-0.2, -0.15) is 11.8 Å². The summed E-state index contributed by atoms with van der Waals surface area (Å²) in [4.78, 5) is 53.6. The Hall–Kier alpha value is -2.95. The van der Waals surface area contributed by atoms with E-state index in [1.807, 2.05) is 6.26 Å². The number of benzene rings is 1. The van der Waals surface area contributed by atoms with E-state index in [4.69, 9.17) is 9.47 Å². The van der Waals surface area contributed by atoms with E-state index < -0.39 is 35.7 Å². The van der Waals surface area contributed by atoms with Gasteiger partial charge in [-0.05, 0) is 83.1 Å². The van der Waals surface area contributed by atoms with Crippen LogP contribution in [0.5, 0.6) is 5.75 Å². The van der Waals surface area contributed by atoms with E-state index in [0.717, 1.165) is 19.3 Å². The van der Waals surface area contributed by atoms with Crippen LogP contribution in [-0.4, -0.2) is 76.7 Å². The predicted octanol–water partition coefficient (Wildman–Crippen LogP) is 3.53. The second kappa shape index (κ2) is 14.8. The molecule has 1 aromatic carbocycles. The lowest BCUT2D eigenvalue weighted by atomic mass is 9.88. The van der Waals surface area contributed by atoms with Crippen LogP contribution in [0.3, 0.4) is 0 Å². The van der Waals surface area contributed by atoms with Gasteiger partial charge in [-0.1, -0.05) is 12.1 Å². The summed E-state index contributed by atoms with van der Waals surface area (Å²) >= 11 is 1.54. The Morgan fingerprint density at radius 2 is 1.82 bits per heavy atom. The van der Waals surface area contributed by atoms with Gasteiger partial charge in [0.1, 0.15) is 23.4 Å². The smallest absolute Gasteiger partial charge is 0.408 e. The third kappa shape index (κ3) is 9.74. The summed E-state index contributed by atoms with van der Waals surface area (Å²) < 4.78 is 10.3.